The minimum atomic E-state index is 0.500. The monoisotopic (exact) mass is 369 g/mol. The summed E-state index contributed by atoms with van der Waals surface area (Å²) in [6, 6.07) is 12.1. The second kappa shape index (κ2) is 9.53. The fraction of sp³-hybridized carbons (Fsp3) is 0.421. The van der Waals surface area contributed by atoms with Crippen molar-refractivity contribution in [3.63, 3.8) is 0 Å². The van der Waals surface area contributed by atoms with Gasteiger partial charge in [0.25, 0.3) is 0 Å². The first-order valence-electron chi connectivity index (χ1n) is 8.77. The van der Waals surface area contributed by atoms with Crippen LogP contribution < -0.4 is 5.32 Å². The molecule has 1 fully saturated rings. The lowest BCUT2D eigenvalue weighted by atomic mass is 10.1. The van der Waals surface area contributed by atoms with Gasteiger partial charge in [0.2, 0.25) is 0 Å². The molecule has 1 aromatic carbocycles. The lowest BCUT2D eigenvalue weighted by molar-refractivity contribution is 0.0378. The SMILES string of the molecule is CSc1nc(NCCCN2CCOCC2)c(C#N)c(-c2ccccc2)n1. The van der Waals surface area contributed by atoms with Gasteiger partial charge in [0.15, 0.2) is 5.16 Å². The molecule has 136 valence electrons. The third-order valence-electron chi connectivity index (χ3n) is 4.28. The van der Waals surface area contributed by atoms with E-state index in [0.29, 0.717) is 22.2 Å². The molecule has 6 nitrogen and oxygen atoms in total. The molecular weight excluding hydrogens is 346 g/mol. The van der Waals surface area contributed by atoms with Gasteiger partial charge in [0.05, 0.1) is 18.9 Å². The van der Waals surface area contributed by atoms with Crippen LogP contribution in [0.5, 0.6) is 0 Å². The third-order valence-corrected chi connectivity index (χ3v) is 4.83. The average molecular weight is 369 g/mol. The summed E-state index contributed by atoms with van der Waals surface area (Å²) in [7, 11) is 0. The van der Waals surface area contributed by atoms with Crippen molar-refractivity contribution in [2.75, 3.05) is 51.0 Å². The summed E-state index contributed by atoms with van der Waals surface area (Å²) in [5.74, 6) is 0.618. The molecule has 7 heteroatoms. The van der Waals surface area contributed by atoms with Crippen LogP contribution in [0.1, 0.15) is 12.0 Å². The smallest absolute Gasteiger partial charge is 0.189 e. The lowest BCUT2D eigenvalue weighted by Crippen LogP contribution is -2.37. The predicted octanol–water partition coefficient (Wildman–Crippen LogP) is 2.87. The zero-order chi connectivity index (χ0) is 18.2. The van der Waals surface area contributed by atoms with E-state index in [-0.39, 0.29) is 0 Å². The summed E-state index contributed by atoms with van der Waals surface area (Å²) in [6.07, 6.45) is 2.93. The molecule has 1 saturated heterocycles. The minimum Gasteiger partial charge on any atom is -0.379 e. The highest BCUT2D eigenvalue weighted by atomic mass is 32.2. The van der Waals surface area contributed by atoms with E-state index in [0.717, 1.165) is 51.4 Å². The summed E-state index contributed by atoms with van der Waals surface area (Å²) >= 11 is 1.48. The van der Waals surface area contributed by atoms with Crippen molar-refractivity contribution < 1.29 is 4.74 Å². The van der Waals surface area contributed by atoms with Crippen molar-refractivity contribution in [3.8, 4) is 17.3 Å². The summed E-state index contributed by atoms with van der Waals surface area (Å²) in [6.45, 7) is 5.40. The number of aromatic nitrogens is 2. The van der Waals surface area contributed by atoms with Crippen molar-refractivity contribution in [1.29, 1.82) is 5.26 Å². The van der Waals surface area contributed by atoms with Crippen molar-refractivity contribution in [2.45, 2.75) is 11.6 Å². The topological polar surface area (TPSA) is 74.1 Å². The van der Waals surface area contributed by atoms with Gasteiger partial charge in [-0.15, -0.1) is 0 Å². The Morgan fingerprint density at radius 1 is 1.23 bits per heavy atom. The summed E-state index contributed by atoms with van der Waals surface area (Å²) in [4.78, 5) is 11.5. The Bertz CT molecular complexity index is 757. The molecule has 1 aliphatic rings. The average Bonchev–Trinajstić information content (AvgIpc) is 2.72. The van der Waals surface area contributed by atoms with Crippen LogP contribution in [0.25, 0.3) is 11.3 Å². The molecule has 0 saturated carbocycles. The van der Waals surface area contributed by atoms with Gasteiger partial charge in [0.1, 0.15) is 17.5 Å². The zero-order valence-corrected chi connectivity index (χ0v) is 15.8. The van der Waals surface area contributed by atoms with Crippen LogP contribution in [-0.2, 0) is 4.74 Å². The van der Waals surface area contributed by atoms with Crippen LogP contribution in [0.3, 0.4) is 0 Å². The summed E-state index contributed by atoms with van der Waals surface area (Å²) < 4.78 is 5.37. The lowest BCUT2D eigenvalue weighted by Gasteiger charge is -2.26. The van der Waals surface area contributed by atoms with Crippen LogP contribution >= 0.6 is 11.8 Å². The van der Waals surface area contributed by atoms with E-state index in [4.69, 9.17) is 4.74 Å². The Morgan fingerprint density at radius 2 is 2.00 bits per heavy atom. The molecule has 2 heterocycles. The van der Waals surface area contributed by atoms with Gasteiger partial charge in [-0.3, -0.25) is 4.90 Å². The molecule has 0 aliphatic carbocycles. The molecule has 2 aromatic rings. The van der Waals surface area contributed by atoms with Gasteiger partial charge >= 0.3 is 0 Å². The van der Waals surface area contributed by atoms with E-state index in [9.17, 15) is 5.26 Å². The fourth-order valence-electron chi connectivity index (χ4n) is 2.90. The Kier molecular flexibility index (Phi) is 6.83. The molecule has 0 unspecified atom stereocenters. The van der Waals surface area contributed by atoms with Crippen molar-refractivity contribution in [3.05, 3.63) is 35.9 Å². The van der Waals surface area contributed by atoms with Crippen molar-refractivity contribution in [1.82, 2.24) is 14.9 Å². The molecular formula is C19H23N5OS. The number of benzene rings is 1. The minimum absolute atomic E-state index is 0.500. The predicted molar refractivity (Wildman–Crippen MR) is 104 cm³/mol. The van der Waals surface area contributed by atoms with Crippen molar-refractivity contribution >= 4 is 17.6 Å². The van der Waals surface area contributed by atoms with E-state index in [2.05, 4.69) is 26.3 Å². The molecule has 0 spiro atoms. The largest absolute Gasteiger partial charge is 0.379 e. The van der Waals surface area contributed by atoms with Crippen LogP contribution in [0.4, 0.5) is 5.82 Å². The van der Waals surface area contributed by atoms with E-state index < -0.39 is 0 Å². The first-order valence-corrected chi connectivity index (χ1v) is 10.00. The zero-order valence-electron chi connectivity index (χ0n) is 14.9. The molecule has 26 heavy (non-hydrogen) atoms. The van der Waals surface area contributed by atoms with E-state index in [1.165, 1.54) is 11.8 Å². The van der Waals surface area contributed by atoms with Crippen LogP contribution in [0, 0.1) is 11.3 Å². The van der Waals surface area contributed by atoms with Gasteiger partial charge in [-0.1, -0.05) is 42.1 Å². The van der Waals surface area contributed by atoms with Crippen LogP contribution in [0.15, 0.2) is 35.5 Å². The van der Waals surface area contributed by atoms with E-state index in [1.54, 1.807) is 0 Å². The van der Waals surface area contributed by atoms with Gasteiger partial charge < -0.3 is 10.1 Å². The number of morpholine rings is 1. The van der Waals surface area contributed by atoms with Gasteiger partial charge in [-0.05, 0) is 19.2 Å². The number of rotatable bonds is 7. The normalized spacial score (nSPS) is 14.8. The first-order chi connectivity index (χ1) is 12.8. The number of hydrogen-bond acceptors (Lipinski definition) is 7. The maximum absolute atomic E-state index is 9.69. The molecule has 0 bridgehead atoms. The number of hydrogen-bond donors (Lipinski definition) is 1. The number of thioether (sulfide) groups is 1. The second-order valence-corrected chi connectivity index (χ2v) is 6.77. The van der Waals surface area contributed by atoms with Crippen LogP contribution in [0.2, 0.25) is 0 Å². The van der Waals surface area contributed by atoms with Gasteiger partial charge in [-0.2, -0.15) is 5.26 Å². The third kappa shape index (κ3) is 4.73. The molecule has 3 rings (SSSR count). The quantitative estimate of drug-likeness (QED) is 0.457. The van der Waals surface area contributed by atoms with Crippen LogP contribution in [-0.4, -0.2) is 60.5 Å². The number of ether oxygens (including phenoxy) is 1. The molecule has 0 radical (unpaired) electrons. The van der Waals surface area contributed by atoms with Gasteiger partial charge in [-0.25, -0.2) is 9.97 Å². The van der Waals surface area contributed by atoms with Crippen molar-refractivity contribution in [2.24, 2.45) is 0 Å². The highest BCUT2D eigenvalue weighted by Gasteiger charge is 2.16. The molecule has 0 atom stereocenters. The number of nitriles is 1. The highest BCUT2D eigenvalue weighted by molar-refractivity contribution is 7.98. The van der Waals surface area contributed by atoms with E-state index >= 15 is 0 Å². The highest BCUT2D eigenvalue weighted by Crippen LogP contribution is 2.28. The summed E-state index contributed by atoms with van der Waals surface area (Å²) in [5, 5.41) is 13.7. The maximum Gasteiger partial charge on any atom is 0.189 e. The Morgan fingerprint density at radius 3 is 2.69 bits per heavy atom. The fourth-order valence-corrected chi connectivity index (χ4v) is 3.27. The maximum atomic E-state index is 9.69. The Hall–Kier alpha value is -2.14. The number of anilines is 1. The second-order valence-electron chi connectivity index (χ2n) is 5.99. The first kappa shape index (κ1) is 18.6. The number of nitrogens with zero attached hydrogens (tertiary/aromatic N) is 4. The summed E-state index contributed by atoms with van der Waals surface area (Å²) in [5.41, 5.74) is 2.11. The molecule has 1 aliphatic heterocycles. The molecule has 1 N–H and O–H groups in total. The Balaban J connectivity index is 1.72. The molecule has 0 amide bonds. The van der Waals surface area contributed by atoms with E-state index in [1.807, 2.05) is 36.6 Å². The molecule has 1 aromatic heterocycles. The standard InChI is InChI=1S/C19H23N5OS/c1-26-19-22-17(15-6-3-2-4-7-15)16(14-20)18(23-19)21-8-5-9-24-10-12-25-13-11-24/h2-4,6-7H,5,8-13H2,1H3,(H,21,22,23). The Labute approximate surface area is 158 Å². The van der Waals surface area contributed by atoms with Gasteiger partial charge in [0, 0.05) is 25.2 Å². The number of nitrogens with one attached hydrogen (secondary N) is 1.